The van der Waals surface area contributed by atoms with E-state index in [1.54, 1.807) is 0 Å². The van der Waals surface area contributed by atoms with Crippen molar-refractivity contribution in [3.63, 3.8) is 0 Å². The maximum atomic E-state index is 12.6. The highest BCUT2D eigenvalue weighted by Crippen LogP contribution is 2.40. The fourth-order valence-electron chi connectivity index (χ4n) is 2.32. The number of carbonyl (C=O) groups is 1. The van der Waals surface area contributed by atoms with Gasteiger partial charge < -0.3 is 9.47 Å². The Morgan fingerprint density at radius 2 is 1.63 bits per heavy atom. The molecule has 0 unspecified atom stereocenters. The van der Waals surface area contributed by atoms with E-state index in [1.165, 1.54) is 0 Å². The van der Waals surface area contributed by atoms with Crippen molar-refractivity contribution in [2.24, 2.45) is 10.8 Å². The summed E-state index contributed by atoms with van der Waals surface area (Å²) in [5.74, 6) is -0.0347. The molecule has 3 heteroatoms. The van der Waals surface area contributed by atoms with Crippen molar-refractivity contribution in [1.29, 1.82) is 0 Å². The van der Waals surface area contributed by atoms with Crippen LogP contribution in [0, 0.1) is 10.8 Å². The Morgan fingerprint density at radius 1 is 1.11 bits per heavy atom. The van der Waals surface area contributed by atoms with Gasteiger partial charge in [-0.25, -0.2) is 0 Å². The summed E-state index contributed by atoms with van der Waals surface area (Å²) >= 11 is 0. The molecule has 1 heterocycles. The summed E-state index contributed by atoms with van der Waals surface area (Å²) in [5.41, 5.74) is -0.504. The Morgan fingerprint density at radius 3 is 2.05 bits per heavy atom. The minimum Gasteiger partial charge on any atom is -0.460 e. The molecule has 0 radical (unpaired) electrons. The van der Waals surface area contributed by atoms with E-state index in [2.05, 4.69) is 20.8 Å². The number of rotatable bonds is 3. The Hall–Kier alpha value is -0.570. The van der Waals surface area contributed by atoms with E-state index in [1.807, 2.05) is 20.8 Å². The summed E-state index contributed by atoms with van der Waals surface area (Å²) in [6.45, 7) is 13.8. The van der Waals surface area contributed by atoms with Crippen molar-refractivity contribution in [2.75, 3.05) is 13.2 Å². The van der Waals surface area contributed by atoms with Crippen LogP contribution in [0.5, 0.6) is 0 Å². The van der Waals surface area contributed by atoms with Crippen LogP contribution in [-0.2, 0) is 14.3 Å². The van der Waals surface area contributed by atoms with Gasteiger partial charge in [-0.05, 0) is 51.9 Å². The summed E-state index contributed by atoms with van der Waals surface area (Å²) in [5, 5.41) is 0. The maximum Gasteiger partial charge on any atom is 0.312 e. The second-order valence-corrected chi connectivity index (χ2v) is 7.96. The van der Waals surface area contributed by atoms with Crippen LogP contribution >= 0.6 is 0 Å². The van der Waals surface area contributed by atoms with E-state index in [-0.39, 0.29) is 16.8 Å². The zero-order chi connectivity index (χ0) is 14.7. The zero-order valence-corrected chi connectivity index (χ0v) is 13.5. The van der Waals surface area contributed by atoms with Gasteiger partial charge in [0, 0.05) is 13.2 Å². The highest BCUT2D eigenvalue weighted by atomic mass is 16.6. The third-order valence-electron chi connectivity index (χ3n) is 3.64. The van der Waals surface area contributed by atoms with Crippen molar-refractivity contribution in [2.45, 2.75) is 72.8 Å². The molecule has 0 aliphatic carbocycles. The molecule has 0 amide bonds. The fraction of sp³-hybridized carbons (Fsp3) is 0.938. The standard InChI is InChI=1S/C16H30O3/c1-14(2,3)7-8-16(9-11-18-12-10-16)13(17)19-15(4,5)6/h7-12H2,1-6H3. The molecule has 1 rings (SSSR count). The van der Waals surface area contributed by atoms with Crippen LogP contribution in [0.3, 0.4) is 0 Å². The molecular formula is C16H30O3. The predicted molar refractivity (Wildman–Crippen MR) is 77.0 cm³/mol. The summed E-state index contributed by atoms with van der Waals surface area (Å²) in [4.78, 5) is 12.6. The molecule has 0 aromatic heterocycles. The lowest BCUT2D eigenvalue weighted by Crippen LogP contribution is -2.42. The largest absolute Gasteiger partial charge is 0.460 e. The third kappa shape index (κ3) is 5.52. The van der Waals surface area contributed by atoms with Crippen molar-refractivity contribution >= 4 is 5.97 Å². The molecule has 112 valence electrons. The average molecular weight is 270 g/mol. The van der Waals surface area contributed by atoms with E-state index in [9.17, 15) is 4.79 Å². The van der Waals surface area contributed by atoms with E-state index in [0.717, 1.165) is 25.7 Å². The molecule has 0 atom stereocenters. The van der Waals surface area contributed by atoms with Crippen molar-refractivity contribution in [3.8, 4) is 0 Å². The molecule has 0 saturated carbocycles. The molecule has 19 heavy (non-hydrogen) atoms. The van der Waals surface area contributed by atoms with Crippen LogP contribution in [0.1, 0.15) is 67.2 Å². The van der Waals surface area contributed by atoms with Crippen molar-refractivity contribution in [1.82, 2.24) is 0 Å². The molecule has 1 aliphatic rings. The summed E-state index contributed by atoms with van der Waals surface area (Å²) in [7, 11) is 0. The lowest BCUT2D eigenvalue weighted by Gasteiger charge is -2.38. The van der Waals surface area contributed by atoms with Crippen LogP contribution in [0.4, 0.5) is 0 Å². The lowest BCUT2D eigenvalue weighted by molar-refractivity contribution is -0.174. The molecule has 1 saturated heterocycles. The van der Waals surface area contributed by atoms with Gasteiger partial charge in [-0.3, -0.25) is 4.79 Å². The van der Waals surface area contributed by atoms with Crippen LogP contribution in [0.15, 0.2) is 0 Å². The molecule has 0 bridgehead atoms. The van der Waals surface area contributed by atoms with Gasteiger partial charge >= 0.3 is 5.97 Å². The Labute approximate surface area is 118 Å². The van der Waals surface area contributed by atoms with Gasteiger partial charge in [-0.1, -0.05) is 20.8 Å². The minimum atomic E-state index is -0.413. The molecule has 3 nitrogen and oxygen atoms in total. The van der Waals surface area contributed by atoms with Crippen LogP contribution in [0.2, 0.25) is 0 Å². The second kappa shape index (κ2) is 5.82. The molecule has 0 spiro atoms. The van der Waals surface area contributed by atoms with Crippen molar-refractivity contribution < 1.29 is 14.3 Å². The van der Waals surface area contributed by atoms with E-state index in [4.69, 9.17) is 9.47 Å². The molecule has 0 aromatic rings. The van der Waals surface area contributed by atoms with Gasteiger partial charge in [-0.2, -0.15) is 0 Å². The average Bonchev–Trinajstić information content (AvgIpc) is 2.24. The molecule has 1 fully saturated rings. The Balaban J connectivity index is 2.77. The molecule has 0 N–H and O–H groups in total. The van der Waals surface area contributed by atoms with E-state index < -0.39 is 5.60 Å². The van der Waals surface area contributed by atoms with E-state index >= 15 is 0 Å². The number of hydrogen-bond acceptors (Lipinski definition) is 3. The fourth-order valence-corrected chi connectivity index (χ4v) is 2.32. The first-order valence-electron chi connectivity index (χ1n) is 7.35. The van der Waals surface area contributed by atoms with Gasteiger partial charge in [0.05, 0.1) is 5.41 Å². The topological polar surface area (TPSA) is 35.5 Å². The van der Waals surface area contributed by atoms with Gasteiger partial charge in [0.1, 0.15) is 5.60 Å². The predicted octanol–water partition coefficient (Wildman–Crippen LogP) is 3.95. The number of carbonyl (C=O) groups excluding carboxylic acids is 1. The molecule has 0 aromatic carbocycles. The van der Waals surface area contributed by atoms with E-state index in [0.29, 0.717) is 13.2 Å². The SMILES string of the molecule is CC(C)(C)CCC1(C(=O)OC(C)(C)C)CCOCC1. The minimum absolute atomic E-state index is 0.0347. The van der Waals surface area contributed by atoms with Gasteiger partial charge in [-0.15, -0.1) is 0 Å². The Bertz CT molecular complexity index is 301. The van der Waals surface area contributed by atoms with Crippen LogP contribution < -0.4 is 0 Å². The number of ether oxygens (including phenoxy) is 2. The summed E-state index contributed by atoms with van der Waals surface area (Å²) < 4.78 is 11.1. The first kappa shape index (κ1) is 16.5. The monoisotopic (exact) mass is 270 g/mol. The molecular weight excluding hydrogens is 240 g/mol. The van der Waals surface area contributed by atoms with Crippen LogP contribution in [0.25, 0.3) is 0 Å². The van der Waals surface area contributed by atoms with Gasteiger partial charge in [0.25, 0.3) is 0 Å². The lowest BCUT2D eigenvalue weighted by atomic mass is 9.72. The summed E-state index contributed by atoms with van der Waals surface area (Å²) in [6, 6.07) is 0. The second-order valence-electron chi connectivity index (χ2n) is 7.96. The smallest absolute Gasteiger partial charge is 0.312 e. The third-order valence-corrected chi connectivity index (χ3v) is 3.64. The first-order valence-corrected chi connectivity index (χ1v) is 7.35. The van der Waals surface area contributed by atoms with Gasteiger partial charge in [0.2, 0.25) is 0 Å². The molecule has 1 aliphatic heterocycles. The van der Waals surface area contributed by atoms with Gasteiger partial charge in [0.15, 0.2) is 0 Å². The number of esters is 1. The first-order chi connectivity index (χ1) is 8.54. The highest BCUT2D eigenvalue weighted by molar-refractivity contribution is 5.77. The van der Waals surface area contributed by atoms with Crippen LogP contribution in [-0.4, -0.2) is 24.8 Å². The summed E-state index contributed by atoms with van der Waals surface area (Å²) in [6.07, 6.45) is 3.51. The van der Waals surface area contributed by atoms with Crippen molar-refractivity contribution in [3.05, 3.63) is 0 Å². The maximum absolute atomic E-state index is 12.6. The number of hydrogen-bond donors (Lipinski definition) is 0. The zero-order valence-electron chi connectivity index (χ0n) is 13.5. The quantitative estimate of drug-likeness (QED) is 0.728. The Kier molecular flexibility index (Phi) is 5.05. The highest BCUT2D eigenvalue weighted by Gasteiger charge is 2.43. The normalized spacial score (nSPS) is 20.1.